The number of aryl methyl sites for hydroxylation is 1. The average Bonchev–Trinajstić information content (AvgIpc) is 2.84. The number of hydrogen-bond donors (Lipinski definition) is 0. The van der Waals surface area contributed by atoms with E-state index in [0.717, 1.165) is 0 Å². The molecule has 2 aromatic rings. The summed E-state index contributed by atoms with van der Waals surface area (Å²) in [6, 6.07) is 0. The van der Waals surface area contributed by atoms with Gasteiger partial charge in [0, 0.05) is 6.20 Å². The van der Waals surface area contributed by atoms with Crippen molar-refractivity contribution in [1.29, 1.82) is 0 Å². The third-order valence-electron chi connectivity index (χ3n) is 2.76. The standard InChI is InChI=1S/C13H15N3O4/c1-4-19-12(17)9-6-14-11-10(13(18)20-5-2)7-15-16(11)8(9)3/h6-7H,4-5H2,1-3H3. The molecule has 2 aromatic heterocycles. The van der Waals surface area contributed by atoms with Gasteiger partial charge in [0.2, 0.25) is 0 Å². The highest BCUT2D eigenvalue weighted by Gasteiger charge is 2.19. The Kier molecular flexibility index (Phi) is 3.97. The van der Waals surface area contributed by atoms with Crippen molar-refractivity contribution in [3.8, 4) is 0 Å². The van der Waals surface area contributed by atoms with Crippen molar-refractivity contribution in [2.24, 2.45) is 0 Å². The number of esters is 2. The van der Waals surface area contributed by atoms with E-state index in [0.29, 0.717) is 16.9 Å². The molecule has 0 atom stereocenters. The fourth-order valence-corrected chi connectivity index (χ4v) is 1.81. The van der Waals surface area contributed by atoms with Crippen LogP contribution in [0.15, 0.2) is 12.4 Å². The summed E-state index contributed by atoms with van der Waals surface area (Å²) in [4.78, 5) is 27.6. The van der Waals surface area contributed by atoms with Crippen LogP contribution in [0.4, 0.5) is 0 Å². The molecule has 0 aromatic carbocycles. The molecule has 0 bridgehead atoms. The lowest BCUT2D eigenvalue weighted by atomic mass is 10.2. The predicted octanol–water partition coefficient (Wildman–Crippen LogP) is 1.39. The van der Waals surface area contributed by atoms with E-state index in [9.17, 15) is 9.59 Å². The molecule has 106 valence electrons. The predicted molar refractivity (Wildman–Crippen MR) is 69.6 cm³/mol. The highest BCUT2D eigenvalue weighted by atomic mass is 16.5. The fraction of sp³-hybridized carbons (Fsp3) is 0.385. The number of ether oxygens (including phenoxy) is 2. The Hall–Kier alpha value is -2.44. The van der Waals surface area contributed by atoms with Crippen LogP contribution in [-0.2, 0) is 9.47 Å². The van der Waals surface area contributed by atoms with Gasteiger partial charge in [0.15, 0.2) is 5.65 Å². The van der Waals surface area contributed by atoms with E-state index < -0.39 is 11.9 Å². The minimum absolute atomic E-state index is 0.269. The molecule has 0 aliphatic heterocycles. The molecule has 0 spiro atoms. The number of nitrogens with zero attached hydrogens (tertiary/aromatic N) is 3. The van der Waals surface area contributed by atoms with Gasteiger partial charge >= 0.3 is 11.9 Å². The second-order valence-corrected chi connectivity index (χ2v) is 3.99. The first-order valence-electron chi connectivity index (χ1n) is 6.27. The van der Waals surface area contributed by atoms with Crippen molar-refractivity contribution >= 4 is 17.6 Å². The lowest BCUT2D eigenvalue weighted by Gasteiger charge is -2.06. The van der Waals surface area contributed by atoms with Crippen molar-refractivity contribution in [2.75, 3.05) is 13.2 Å². The minimum Gasteiger partial charge on any atom is -0.462 e. The molecule has 0 radical (unpaired) electrons. The van der Waals surface area contributed by atoms with Crippen LogP contribution in [0.5, 0.6) is 0 Å². The summed E-state index contributed by atoms with van der Waals surface area (Å²) in [7, 11) is 0. The second kappa shape index (κ2) is 5.68. The average molecular weight is 277 g/mol. The van der Waals surface area contributed by atoms with E-state index in [-0.39, 0.29) is 18.8 Å². The Morgan fingerprint density at radius 1 is 1.10 bits per heavy atom. The van der Waals surface area contributed by atoms with Crippen molar-refractivity contribution in [2.45, 2.75) is 20.8 Å². The van der Waals surface area contributed by atoms with E-state index in [1.807, 2.05) is 0 Å². The van der Waals surface area contributed by atoms with Gasteiger partial charge in [-0.2, -0.15) is 5.10 Å². The van der Waals surface area contributed by atoms with Crippen LogP contribution >= 0.6 is 0 Å². The van der Waals surface area contributed by atoms with E-state index in [1.54, 1.807) is 20.8 Å². The van der Waals surface area contributed by atoms with E-state index in [1.165, 1.54) is 16.9 Å². The second-order valence-electron chi connectivity index (χ2n) is 3.99. The molecule has 0 unspecified atom stereocenters. The minimum atomic E-state index is -0.488. The van der Waals surface area contributed by atoms with E-state index >= 15 is 0 Å². The topological polar surface area (TPSA) is 82.8 Å². The van der Waals surface area contributed by atoms with Gasteiger partial charge < -0.3 is 9.47 Å². The highest BCUT2D eigenvalue weighted by Crippen LogP contribution is 2.15. The number of aromatic nitrogens is 3. The fourth-order valence-electron chi connectivity index (χ4n) is 1.81. The molecule has 0 aliphatic rings. The van der Waals surface area contributed by atoms with Crippen molar-refractivity contribution in [3.63, 3.8) is 0 Å². The summed E-state index contributed by atoms with van der Waals surface area (Å²) in [5, 5.41) is 4.07. The van der Waals surface area contributed by atoms with Gasteiger partial charge in [-0.15, -0.1) is 0 Å². The number of rotatable bonds is 4. The molecular weight excluding hydrogens is 262 g/mol. The molecule has 0 saturated heterocycles. The van der Waals surface area contributed by atoms with Crippen LogP contribution in [0.25, 0.3) is 5.65 Å². The quantitative estimate of drug-likeness (QED) is 0.785. The summed E-state index contributed by atoms with van der Waals surface area (Å²) in [5.41, 5.74) is 1.50. The molecule has 2 rings (SSSR count). The van der Waals surface area contributed by atoms with Gasteiger partial charge in [-0.3, -0.25) is 0 Å². The summed E-state index contributed by atoms with van der Waals surface area (Å²) in [5.74, 6) is -0.953. The maximum atomic E-state index is 11.8. The maximum absolute atomic E-state index is 11.8. The Morgan fingerprint density at radius 2 is 1.70 bits per heavy atom. The van der Waals surface area contributed by atoms with Gasteiger partial charge in [0.05, 0.1) is 30.7 Å². The Bertz CT molecular complexity index is 663. The molecule has 0 amide bonds. The monoisotopic (exact) mass is 277 g/mol. The SMILES string of the molecule is CCOC(=O)c1cnc2c(C(=O)OCC)cnn2c1C. The molecule has 0 saturated carbocycles. The van der Waals surface area contributed by atoms with Gasteiger partial charge in [-0.1, -0.05) is 0 Å². The first-order chi connectivity index (χ1) is 9.60. The van der Waals surface area contributed by atoms with Crippen molar-refractivity contribution < 1.29 is 19.1 Å². The maximum Gasteiger partial charge on any atom is 0.343 e. The van der Waals surface area contributed by atoms with Gasteiger partial charge in [0.25, 0.3) is 0 Å². The Labute approximate surface area is 115 Å². The Balaban J connectivity index is 2.48. The van der Waals surface area contributed by atoms with Crippen LogP contribution in [0.1, 0.15) is 40.3 Å². The number of carbonyl (C=O) groups excluding carboxylic acids is 2. The van der Waals surface area contributed by atoms with Crippen LogP contribution in [0, 0.1) is 6.92 Å². The van der Waals surface area contributed by atoms with Crippen molar-refractivity contribution in [3.05, 3.63) is 29.2 Å². The van der Waals surface area contributed by atoms with Crippen LogP contribution in [-0.4, -0.2) is 39.8 Å². The first kappa shape index (κ1) is 14.0. The lowest BCUT2D eigenvalue weighted by Crippen LogP contribution is -2.12. The summed E-state index contributed by atoms with van der Waals surface area (Å²) < 4.78 is 11.3. The molecule has 7 nitrogen and oxygen atoms in total. The van der Waals surface area contributed by atoms with Gasteiger partial charge in [-0.05, 0) is 20.8 Å². The molecule has 20 heavy (non-hydrogen) atoms. The Morgan fingerprint density at radius 3 is 2.30 bits per heavy atom. The molecule has 7 heteroatoms. The number of fused-ring (bicyclic) bond motifs is 1. The van der Waals surface area contributed by atoms with E-state index in [4.69, 9.17) is 9.47 Å². The van der Waals surface area contributed by atoms with E-state index in [2.05, 4.69) is 10.1 Å². The molecule has 2 heterocycles. The zero-order chi connectivity index (χ0) is 14.7. The zero-order valence-corrected chi connectivity index (χ0v) is 11.5. The lowest BCUT2D eigenvalue weighted by molar-refractivity contribution is 0.0517. The van der Waals surface area contributed by atoms with Crippen LogP contribution in [0.3, 0.4) is 0 Å². The third-order valence-corrected chi connectivity index (χ3v) is 2.76. The zero-order valence-electron chi connectivity index (χ0n) is 11.5. The summed E-state index contributed by atoms with van der Waals surface area (Å²) in [6.07, 6.45) is 2.76. The molecule has 0 fully saturated rings. The molecule has 0 N–H and O–H groups in total. The number of carbonyl (C=O) groups is 2. The number of hydrogen-bond acceptors (Lipinski definition) is 6. The normalized spacial score (nSPS) is 10.6. The summed E-state index contributed by atoms with van der Waals surface area (Å²) in [6.45, 7) is 5.72. The van der Waals surface area contributed by atoms with Crippen LogP contribution in [0.2, 0.25) is 0 Å². The highest BCUT2D eigenvalue weighted by molar-refractivity contribution is 5.96. The van der Waals surface area contributed by atoms with Crippen LogP contribution < -0.4 is 0 Å². The summed E-state index contributed by atoms with van der Waals surface area (Å²) >= 11 is 0. The molecular formula is C13H15N3O4. The third kappa shape index (κ3) is 2.34. The smallest absolute Gasteiger partial charge is 0.343 e. The molecule has 0 aliphatic carbocycles. The first-order valence-corrected chi connectivity index (χ1v) is 6.27. The van der Waals surface area contributed by atoms with Gasteiger partial charge in [-0.25, -0.2) is 19.1 Å². The van der Waals surface area contributed by atoms with Crippen molar-refractivity contribution in [1.82, 2.24) is 14.6 Å². The largest absolute Gasteiger partial charge is 0.462 e. The van der Waals surface area contributed by atoms with Gasteiger partial charge in [0.1, 0.15) is 5.56 Å².